The summed E-state index contributed by atoms with van der Waals surface area (Å²) in [5.74, 6) is 0. The van der Waals surface area contributed by atoms with Crippen molar-refractivity contribution in [2.45, 2.75) is 27.7 Å². The lowest BCUT2D eigenvalue weighted by atomic mass is 10.8. The predicted molar refractivity (Wildman–Crippen MR) is 38.2 cm³/mol. The van der Waals surface area contributed by atoms with Crippen LogP contribution in [0.3, 0.4) is 0 Å². The van der Waals surface area contributed by atoms with Crippen molar-refractivity contribution < 1.29 is 0 Å². The fourth-order valence-corrected chi connectivity index (χ4v) is 0. The highest BCUT2D eigenvalue weighted by Gasteiger charge is 0.967. The Bertz CT molecular complexity index is 7.51. The molecule has 2 radical (unpaired) electrons. The zero-order valence-corrected chi connectivity index (χ0v) is 6.31. The van der Waals surface area contributed by atoms with Gasteiger partial charge in [-0.2, -0.15) is 9.12 Å². The molecule has 0 spiro atoms. The molecule has 0 heterocycles. The van der Waals surface area contributed by atoms with Crippen LogP contribution in [0.5, 0.6) is 0 Å². The molecule has 0 N–H and O–H groups in total. The van der Waals surface area contributed by atoms with Gasteiger partial charge in [-0.1, -0.05) is 27.7 Å². The molecule has 38 valence electrons. The quantitative estimate of drug-likeness (QED) is 0.325. The zero-order chi connectivity index (χ0) is 6.00. The molecule has 0 aromatic heterocycles. The number of hydrogen-bond acceptors (Lipinski definition) is 0. The van der Waals surface area contributed by atoms with Crippen molar-refractivity contribution in [3.05, 3.63) is 0 Å². The molecule has 0 aromatic carbocycles. The van der Waals surface area contributed by atoms with Crippen molar-refractivity contribution in [2.24, 2.45) is 0 Å². The zero-order valence-electron chi connectivity index (χ0n) is 5.15. The first kappa shape index (κ1) is 16.1. The summed E-state index contributed by atoms with van der Waals surface area (Å²) in [6.07, 6.45) is 0. The smallest absolute Gasteiger partial charge is 0.0996 e. The van der Waals surface area contributed by atoms with Gasteiger partial charge in [-0.05, 0) is 0 Å². The first-order valence-electron chi connectivity index (χ1n) is 2.33. The van der Waals surface area contributed by atoms with Gasteiger partial charge in [0.1, 0.15) is 0 Å². The molecule has 0 bridgehead atoms. The molecule has 1 unspecified atom stereocenters. The lowest BCUT2D eigenvalue weighted by Gasteiger charge is -1.07. The Morgan fingerprint density at radius 2 is 0.833 bits per heavy atom. The highest BCUT2D eigenvalue weighted by Crippen LogP contribution is 1.42. The van der Waals surface area contributed by atoms with Crippen molar-refractivity contribution in [3.8, 4) is 0 Å². The van der Waals surface area contributed by atoms with Crippen LogP contribution < -0.4 is 0 Å². The predicted octanol–water partition coefficient (Wildman–Crippen LogP) is 2.00. The summed E-state index contributed by atoms with van der Waals surface area (Å²) in [5, 5.41) is 0. The van der Waals surface area contributed by atoms with Crippen molar-refractivity contribution in [2.75, 3.05) is 0 Å². The van der Waals surface area contributed by atoms with Crippen molar-refractivity contribution in [3.63, 3.8) is 0 Å². The Kier molecular flexibility index (Phi) is 1210. The Morgan fingerprint density at radius 1 is 0.833 bits per heavy atom. The van der Waals surface area contributed by atoms with E-state index in [9.17, 15) is 0 Å². The molecule has 0 aliphatic carbocycles. The highest BCUT2D eigenvalue weighted by molar-refractivity contribution is 7.49. The largest absolute Gasteiger partial charge is 0.187 e. The molecule has 6 heavy (non-hydrogen) atoms. The van der Waals surface area contributed by atoms with Crippen LogP contribution >= 0.6 is 9.12 Å². The van der Waals surface area contributed by atoms with Crippen molar-refractivity contribution in [1.29, 1.82) is 0 Å². The molecule has 0 fully saturated rings. The fraction of sp³-hybridized carbons (Fsp3) is 1.00. The van der Waals surface area contributed by atoms with Crippen LogP contribution in [0.4, 0.5) is 0 Å². The van der Waals surface area contributed by atoms with Gasteiger partial charge in [0.05, 0.1) is 7.57 Å². The van der Waals surface area contributed by atoms with Gasteiger partial charge in [0.25, 0.3) is 0 Å². The third-order valence-corrected chi connectivity index (χ3v) is 0. The van der Waals surface area contributed by atoms with Crippen molar-refractivity contribution in [1.82, 2.24) is 0 Å². The van der Waals surface area contributed by atoms with Gasteiger partial charge in [-0.3, -0.25) is 0 Å². The van der Waals surface area contributed by atoms with E-state index < -0.39 is 0 Å². The molecule has 0 aromatic rings. The first-order valence-corrected chi connectivity index (χ1v) is 3.00. The van der Waals surface area contributed by atoms with Crippen LogP contribution in [0.2, 0.25) is 0 Å². The first-order chi connectivity index (χ1) is 3.00. The average molecular weight is 104 g/mol. The van der Waals surface area contributed by atoms with Gasteiger partial charge < -0.3 is 0 Å². The molecule has 0 rings (SSSR count). The van der Waals surface area contributed by atoms with E-state index in [0.717, 1.165) is 0 Å². The molecule has 0 aliphatic heterocycles. The summed E-state index contributed by atoms with van der Waals surface area (Å²) < 4.78 is 0. The fourth-order valence-electron chi connectivity index (χ4n) is 0. The van der Waals surface area contributed by atoms with Gasteiger partial charge >= 0.3 is 0 Å². The van der Waals surface area contributed by atoms with Crippen LogP contribution in [0.1, 0.15) is 27.7 Å². The van der Waals surface area contributed by atoms with Gasteiger partial charge in [0, 0.05) is 0 Å². The Morgan fingerprint density at radius 3 is 0.833 bits per heavy atom. The summed E-state index contributed by atoms with van der Waals surface area (Å²) in [6.45, 7) is 8.00. The summed E-state index contributed by atoms with van der Waals surface area (Å²) in [6, 6.07) is 0. The molecule has 0 amide bonds. The molecular formula is C4H14BP. The highest BCUT2D eigenvalue weighted by atomic mass is 31.0. The minimum Gasteiger partial charge on any atom is -0.187 e. The summed E-state index contributed by atoms with van der Waals surface area (Å²) in [7, 11) is 6.33. The lowest BCUT2D eigenvalue weighted by molar-refractivity contribution is 1.50. The standard InChI is InChI=1S/2C2H6.BH2P/c3*1-2/h2*1-2H3;2H2. The molecular weight excluding hydrogens is 89.8 g/mol. The summed E-state index contributed by atoms with van der Waals surface area (Å²) in [4.78, 5) is 0. The second-order valence-electron chi connectivity index (χ2n) is 0. The third kappa shape index (κ3) is 224. The number of hydrogen-bond donors (Lipinski definition) is 0. The van der Waals surface area contributed by atoms with E-state index in [1.54, 1.807) is 0 Å². The Hall–Kier alpha value is 0.495. The maximum atomic E-state index is 4.42. The summed E-state index contributed by atoms with van der Waals surface area (Å²) in [5.41, 5.74) is 0. The monoisotopic (exact) mass is 104 g/mol. The van der Waals surface area contributed by atoms with Crippen molar-refractivity contribution >= 4 is 16.7 Å². The SMILES string of the molecule is CC.CC.[B]P. The van der Waals surface area contributed by atoms with E-state index >= 15 is 0 Å². The lowest BCUT2D eigenvalue weighted by Crippen LogP contribution is -0.937. The molecule has 2 heteroatoms. The topological polar surface area (TPSA) is 0 Å². The summed E-state index contributed by atoms with van der Waals surface area (Å²) >= 11 is 0. The van der Waals surface area contributed by atoms with Crippen LogP contribution in [0.25, 0.3) is 0 Å². The molecule has 0 nitrogen and oxygen atoms in total. The maximum absolute atomic E-state index is 4.42. The van der Waals surface area contributed by atoms with Gasteiger partial charge in [0.15, 0.2) is 0 Å². The van der Waals surface area contributed by atoms with E-state index in [1.807, 2.05) is 36.8 Å². The van der Waals surface area contributed by atoms with Gasteiger partial charge in [0.2, 0.25) is 0 Å². The normalized spacial score (nSPS) is 2.83. The molecule has 0 aliphatic rings. The molecule has 1 atom stereocenters. The van der Waals surface area contributed by atoms with Crippen LogP contribution in [-0.2, 0) is 0 Å². The second kappa shape index (κ2) is 453. The minimum absolute atomic E-state index is 1.92. The maximum Gasteiger partial charge on any atom is 0.0996 e. The van der Waals surface area contributed by atoms with E-state index in [1.165, 1.54) is 0 Å². The van der Waals surface area contributed by atoms with E-state index in [2.05, 4.69) is 7.57 Å². The van der Waals surface area contributed by atoms with E-state index in [4.69, 9.17) is 0 Å². The Balaban J connectivity index is -0.0000000225. The van der Waals surface area contributed by atoms with Crippen LogP contribution in [0.15, 0.2) is 0 Å². The van der Waals surface area contributed by atoms with Gasteiger partial charge in [-0.15, -0.1) is 0 Å². The number of rotatable bonds is 0. The van der Waals surface area contributed by atoms with Gasteiger partial charge in [-0.25, -0.2) is 0 Å². The van der Waals surface area contributed by atoms with E-state index in [-0.39, 0.29) is 0 Å². The second-order valence-corrected chi connectivity index (χ2v) is 0. The molecule has 0 saturated carbocycles. The third-order valence-electron chi connectivity index (χ3n) is 0. The minimum atomic E-state index is 1.92. The van der Waals surface area contributed by atoms with Crippen LogP contribution in [-0.4, -0.2) is 7.57 Å². The van der Waals surface area contributed by atoms with E-state index in [0.29, 0.717) is 0 Å². The Labute approximate surface area is 45.3 Å². The average Bonchev–Trinajstić information content (AvgIpc) is 1.81. The molecule has 0 saturated heterocycles. The van der Waals surface area contributed by atoms with Crippen LogP contribution in [0, 0.1) is 0 Å².